The number of carboxylic acids is 1. The minimum atomic E-state index is -0.913. The van der Waals surface area contributed by atoms with Gasteiger partial charge in [-0.2, -0.15) is 0 Å². The van der Waals surface area contributed by atoms with Gasteiger partial charge < -0.3 is 24.6 Å². The van der Waals surface area contributed by atoms with Gasteiger partial charge in [-0.15, -0.1) is 11.3 Å². The molecule has 1 aromatic heterocycles. The normalized spacial score (nSPS) is 18.0. The molecule has 1 saturated heterocycles. The van der Waals surface area contributed by atoms with E-state index < -0.39 is 11.6 Å². The van der Waals surface area contributed by atoms with Crippen LogP contribution < -0.4 is 4.74 Å². The summed E-state index contributed by atoms with van der Waals surface area (Å²) in [7, 11) is 1.44. The Hall–Kier alpha value is -2.58. The van der Waals surface area contributed by atoms with Crippen molar-refractivity contribution >= 4 is 23.2 Å². The number of likely N-dealkylation sites (tertiary alicyclic amines) is 1. The molecule has 2 aromatic rings. The van der Waals surface area contributed by atoms with Crippen molar-refractivity contribution in [1.29, 1.82) is 0 Å². The van der Waals surface area contributed by atoms with Crippen LogP contribution in [0.3, 0.4) is 0 Å². The molecule has 7 nitrogen and oxygen atoms in total. The number of carbonyl (C=O) groups is 2. The highest BCUT2D eigenvalue weighted by atomic mass is 32.1. The molecule has 2 aliphatic rings. The molecule has 2 N–H and O–H groups in total. The number of hydrogen-bond acceptors (Lipinski definition) is 6. The van der Waals surface area contributed by atoms with E-state index in [9.17, 15) is 19.8 Å². The number of carboxylic acid groups (broad SMARTS) is 1. The van der Waals surface area contributed by atoms with Crippen LogP contribution in [0.1, 0.15) is 43.3 Å². The fraction of sp³-hybridized carbons (Fsp3) is 0.400. The second-order valence-corrected chi connectivity index (χ2v) is 8.16. The smallest absolute Gasteiger partial charge is 0.345 e. The first kappa shape index (κ1) is 18.8. The molecule has 0 bridgehead atoms. The van der Waals surface area contributed by atoms with Crippen molar-refractivity contribution in [3.8, 4) is 11.5 Å². The number of methoxy groups -OCH3 is 1. The first-order chi connectivity index (χ1) is 13.4. The van der Waals surface area contributed by atoms with Crippen LogP contribution in [0.4, 0.5) is 0 Å². The number of phenolic OH excluding ortho intramolecular Hbond substituents is 1. The molecule has 0 aliphatic carbocycles. The predicted molar refractivity (Wildman–Crippen MR) is 102 cm³/mol. The summed E-state index contributed by atoms with van der Waals surface area (Å²) in [6.45, 7) is 1.59. The summed E-state index contributed by atoms with van der Waals surface area (Å²) in [6, 6.07) is 6.31. The van der Waals surface area contributed by atoms with Crippen LogP contribution in [0.25, 0.3) is 0 Å². The summed E-state index contributed by atoms with van der Waals surface area (Å²) in [6.07, 6.45) is 1.97. The Balaban J connectivity index is 1.52. The second-order valence-electron chi connectivity index (χ2n) is 7.02. The highest BCUT2D eigenvalue weighted by Gasteiger charge is 2.43. The maximum absolute atomic E-state index is 12.9. The number of amides is 1. The third kappa shape index (κ3) is 3.12. The molecule has 1 spiro atoms. The molecule has 0 atom stereocenters. The molecule has 4 rings (SSSR count). The fourth-order valence-electron chi connectivity index (χ4n) is 4.00. The lowest BCUT2D eigenvalue weighted by atomic mass is 9.82. The maximum Gasteiger partial charge on any atom is 0.345 e. The van der Waals surface area contributed by atoms with Crippen LogP contribution >= 0.6 is 11.3 Å². The number of carbonyl (C=O) groups excluding carboxylic acids is 1. The van der Waals surface area contributed by atoms with Crippen molar-refractivity contribution in [2.75, 3.05) is 26.8 Å². The fourth-order valence-corrected chi connectivity index (χ4v) is 5.07. The standard InChI is InChI=1S/C20H21NO6S/c1-26-15-10-12(2-3-14(15)22)18(23)21-7-5-20(6-8-21)13-11-17(19(24)25)28-16(13)4-9-27-20/h2-3,10-11,22H,4-9H2,1H3,(H,24,25). The molecular weight excluding hydrogens is 382 g/mol. The van der Waals surface area contributed by atoms with Gasteiger partial charge >= 0.3 is 5.97 Å². The molecule has 148 valence electrons. The summed E-state index contributed by atoms with van der Waals surface area (Å²) < 4.78 is 11.2. The topological polar surface area (TPSA) is 96.3 Å². The van der Waals surface area contributed by atoms with Gasteiger partial charge in [-0.3, -0.25) is 4.79 Å². The minimum absolute atomic E-state index is 0.00789. The number of piperidine rings is 1. The summed E-state index contributed by atoms with van der Waals surface area (Å²) in [5.41, 5.74) is 0.917. The van der Waals surface area contributed by atoms with Crippen molar-refractivity contribution < 1.29 is 29.3 Å². The van der Waals surface area contributed by atoms with Gasteiger partial charge in [0.05, 0.1) is 19.3 Å². The van der Waals surface area contributed by atoms with E-state index in [1.807, 2.05) is 0 Å². The Labute approximate surface area is 166 Å². The Morgan fingerprint density at radius 2 is 2.00 bits per heavy atom. The van der Waals surface area contributed by atoms with Gasteiger partial charge in [-0.25, -0.2) is 4.79 Å². The van der Waals surface area contributed by atoms with Gasteiger partial charge in [0.25, 0.3) is 5.91 Å². The van der Waals surface area contributed by atoms with Crippen molar-refractivity contribution in [2.45, 2.75) is 24.9 Å². The zero-order chi connectivity index (χ0) is 19.9. The maximum atomic E-state index is 12.9. The van der Waals surface area contributed by atoms with E-state index in [1.165, 1.54) is 30.6 Å². The number of aromatic carboxylic acids is 1. The summed E-state index contributed by atoms with van der Waals surface area (Å²) in [5.74, 6) is -0.783. The van der Waals surface area contributed by atoms with Crippen LogP contribution in [0, 0.1) is 0 Å². The van der Waals surface area contributed by atoms with Crippen LogP contribution in [-0.2, 0) is 16.8 Å². The summed E-state index contributed by atoms with van der Waals surface area (Å²) in [4.78, 5) is 27.4. The Morgan fingerprint density at radius 3 is 2.68 bits per heavy atom. The third-order valence-electron chi connectivity index (χ3n) is 5.50. The van der Waals surface area contributed by atoms with Crippen LogP contribution in [0.5, 0.6) is 11.5 Å². The van der Waals surface area contributed by atoms with Crippen molar-refractivity contribution in [3.63, 3.8) is 0 Å². The number of ether oxygens (including phenoxy) is 2. The Morgan fingerprint density at radius 1 is 1.25 bits per heavy atom. The molecule has 8 heteroatoms. The average Bonchev–Trinajstić information content (AvgIpc) is 3.15. The van der Waals surface area contributed by atoms with Crippen molar-refractivity contribution in [3.05, 3.63) is 45.1 Å². The van der Waals surface area contributed by atoms with Gasteiger partial charge in [0.15, 0.2) is 11.5 Å². The lowest BCUT2D eigenvalue weighted by molar-refractivity contribution is -0.0926. The first-order valence-corrected chi connectivity index (χ1v) is 9.92. The minimum Gasteiger partial charge on any atom is -0.504 e. The van der Waals surface area contributed by atoms with Crippen LogP contribution in [-0.4, -0.2) is 53.8 Å². The van der Waals surface area contributed by atoms with Gasteiger partial charge in [0, 0.05) is 30.0 Å². The molecule has 1 fully saturated rings. The number of phenols is 1. The molecule has 1 amide bonds. The summed E-state index contributed by atoms with van der Waals surface area (Å²) in [5, 5.41) is 19.0. The zero-order valence-electron chi connectivity index (χ0n) is 15.4. The monoisotopic (exact) mass is 403 g/mol. The lowest BCUT2D eigenvalue weighted by Crippen LogP contribution is -2.48. The van der Waals surface area contributed by atoms with E-state index in [4.69, 9.17) is 9.47 Å². The van der Waals surface area contributed by atoms with Gasteiger partial charge in [0.1, 0.15) is 4.88 Å². The van der Waals surface area contributed by atoms with E-state index in [0.717, 1.165) is 16.9 Å². The SMILES string of the molecule is COc1cc(C(=O)N2CCC3(CC2)OCCc2sc(C(=O)O)cc23)ccc1O. The van der Waals surface area contributed by atoms with E-state index in [2.05, 4.69) is 0 Å². The number of hydrogen-bond donors (Lipinski definition) is 2. The van der Waals surface area contributed by atoms with Crippen molar-refractivity contribution in [2.24, 2.45) is 0 Å². The Kier molecular flexibility index (Phi) is 4.76. The molecular formula is C20H21NO6S. The van der Waals surface area contributed by atoms with E-state index in [-0.39, 0.29) is 17.4 Å². The molecule has 28 heavy (non-hydrogen) atoms. The molecule has 2 aliphatic heterocycles. The average molecular weight is 403 g/mol. The van der Waals surface area contributed by atoms with E-state index in [1.54, 1.807) is 17.0 Å². The number of rotatable bonds is 3. The molecule has 0 unspecified atom stereocenters. The van der Waals surface area contributed by atoms with E-state index >= 15 is 0 Å². The second kappa shape index (κ2) is 7.10. The zero-order valence-corrected chi connectivity index (χ0v) is 16.3. The quantitative estimate of drug-likeness (QED) is 0.818. The highest BCUT2D eigenvalue weighted by Crippen LogP contribution is 2.44. The van der Waals surface area contributed by atoms with Crippen molar-refractivity contribution in [1.82, 2.24) is 4.90 Å². The number of nitrogens with zero attached hydrogens (tertiary/aromatic N) is 1. The first-order valence-electron chi connectivity index (χ1n) is 9.10. The third-order valence-corrected chi connectivity index (χ3v) is 6.69. The number of aromatic hydroxyl groups is 1. The van der Waals surface area contributed by atoms with Gasteiger partial charge in [0.2, 0.25) is 0 Å². The number of fused-ring (bicyclic) bond motifs is 2. The van der Waals surface area contributed by atoms with E-state index in [0.29, 0.717) is 43.0 Å². The molecule has 0 radical (unpaired) electrons. The van der Waals surface area contributed by atoms with Crippen LogP contribution in [0.2, 0.25) is 0 Å². The summed E-state index contributed by atoms with van der Waals surface area (Å²) >= 11 is 1.32. The molecule has 0 saturated carbocycles. The van der Waals surface area contributed by atoms with Gasteiger partial charge in [-0.1, -0.05) is 0 Å². The predicted octanol–water partition coefficient (Wildman–Crippen LogP) is 2.86. The van der Waals surface area contributed by atoms with Gasteiger partial charge in [-0.05, 0) is 42.7 Å². The van der Waals surface area contributed by atoms with Crippen LogP contribution in [0.15, 0.2) is 24.3 Å². The highest BCUT2D eigenvalue weighted by molar-refractivity contribution is 7.14. The Bertz CT molecular complexity index is 929. The number of thiophene rings is 1. The number of benzene rings is 1. The molecule has 3 heterocycles. The largest absolute Gasteiger partial charge is 0.504 e. The molecule has 1 aromatic carbocycles. The lowest BCUT2D eigenvalue weighted by Gasteiger charge is -2.44.